The van der Waals surface area contributed by atoms with E-state index in [1.165, 1.54) is 12.1 Å². The highest BCUT2D eigenvalue weighted by Gasteiger charge is 2.10. The number of hydrogen-bond acceptors (Lipinski definition) is 4. The van der Waals surface area contributed by atoms with Crippen LogP contribution in [0.3, 0.4) is 0 Å². The molecule has 3 aromatic rings. The molecule has 0 atom stereocenters. The Balaban J connectivity index is 2.02. The van der Waals surface area contributed by atoms with Crippen LogP contribution in [0.5, 0.6) is 0 Å². The van der Waals surface area contributed by atoms with Crippen molar-refractivity contribution in [1.82, 2.24) is 4.98 Å². The molecule has 0 saturated carbocycles. The third-order valence-corrected chi connectivity index (χ3v) is 3.69. The summed E-state index contributed by atoms with van der Waals surface area (Å²) in [6.45, 7) is 0. The van der Waals surface area contributed by atoms with Gasteiger partial charge in [0.25, 0.3) is 5.69 Å². The monoisotopic (exact) mass is 333 g/mol. The van der Waals surface area contributed by atoms with E-state index >= 15 is 0 Å². The van der Waals surface area contributed by atoms with Crippen molar-refractivity contribution in [3.63, 3.8) is 0 Å². The molecule has 0 saturated heterocycles. The molecule has 110 valence electrons. The molecule has 22 heavy (non-hydrogen) atoms. The second-order valence-corrected chi connectivity index (χ2v) is 5.41. The molecule has 0 aliphatic carbocycles. The molecule has 1 aromatic heterocycles. The molecule has 0 spiro atoms. The van der Waals surface area contributed by atoms with Gasteiger partial charge in [-0.25, -0.2) is 0 Å². The lowest BCUT2D eigenvalue weighted by molar-refractivity contribution is -0.384. The number of aromatic nitrogens is 1. The lowest BCUT2D eigenvalue weighted by Gasteiger charge is -2.11. The fourth-order valence-corrected chi connectivity index (χ4v) is 2.48. The van der Waals surface area contributed by atoms with Gasteiger partial charge in [0, 0.05) is 34.4 Å². The van der Waals surface area contributed by atoms with Crippen LogP contribution in [0.25, 0.3) is 10.9 Å². The zero-order valence-corrected chi connectivity index (χ0v) is 12.6. The van der Waals surface area contributed by atoms with Crippen LogP contribution in [0.4, 0.5) is 17.1 Å². The molecule has 0 unspecified atom stereocenters. The van der Waals surface area contributed by atoms with E-state index in [9.17, 15) is 10.1 Å². The summed E-state index contributed by atoms with van der Waals surface area (Å²) in [5, 5.41) is 15.6. The number of rotatable bonds is 3. The molecule has 0 aliphatic rings. The van der Waals surface area contributed by atoms with E-state index in [2.05, 4.69) is 10.3 Å². The second-order valence-electron chi connectivity index (χ2n) is 4.57. The first-order chi connectivity index (χ1) is 10.5. The summed E-state index contributed by atoms with van der Waals surface area (Å²) in [6.07, 6.45) is 1.65. The summed E-state index contributed by atoms with van der Waals surface area (Å²) in [5.74, 6) is 0. The molecule has 0 fully saturated rings. The van der Waals surface area contributed by atoms with Crippen LogP contribution < -0.4 is 5.32 Å². The molecule has 0 amide bonds. The minimum absolute atomic E-state index is 0.0538. The number of benzene rings is 2. The van der Waals surface area contributed by atoms with Crippen molar-refractivity contribution in [2.75, 3.05) is 5.32 Å². The van der Waals surface area contributed by atoms with E-state index < -0.39 is 4.92 Å². The van der Waals surface area contributed by atoms with Crippen LogP contribution in [0, 0.1) is 10.1 Å². The number of nitrogens with one attached hydrogen (secondary N) is 1. The second kappa shape index (κ2) is 5.79. The minimum atomic E-state index is -0.487. The Morgan fingerprint density at radius 2 is 1.86 bits per heavy atom. The van der Waals surface area contributed by atoms with Crippen molar-refractivity contribution < 1.29 is 4.92 Å². The standard InChI is InChI=1S/C15H9Cl2N3O2/c16-9-1-3-11-13(5-6-18-15(11)7-9)19-14-4-2-10(20(21)22)8-12(14)17/h1-8H,(H,18,19). The molecule has 1 heterocycles. The lowest BCUT2D eigenvalue weighted by Crippen LogP contribution is -1.95. The van der Waals surface area contributed by atoms with Crippen molar-refractivity contribution >= 4 is 51.2 Å². The maximum absolute atomic E-state index is 10.7. The predicted octanol–water partition coefficient (Wildman–Crippen LogP) is 5.19. The zero-order chi connectivity index (χ0) is 15.7. The van der Waals surface area contributed by atoms with E-state index in [0.717, 1.165) is 16.6 Å². The molecule has 2 aromatic carbocycles. The van der Waals surface area contributed by atoms with Gasteiger partial charge in [-0.05, 0) is 30.3 Å². The molecule has 0 aliphatic heterocycles. The fraction of sp³-hybridized carbons (Fsp3) is 0. The van der Waals surface area contributed by atoms with E-state index in [1.807, 2.05) is 6.07 Å². The van der Waals surface area contributed by atoms with Gasteiger partial charge in [-0.1, -0.05) is 23.2 Å². The summed E-state index contributed by atoms with van der Waals surface area (Å²) in [7, 11) is 0. The quantitative estimate of drug-likeness (QED) is 0.528. The Bertz CT molecular complexity index is 884. The number of hydrogen-bond donors (Lipinski definition) is 1. The Morgan fingerprint density at radius 3 is 2.59 bits per heavy atom. The van der Waals surface area contributed by atoms with Gasteiger partial charge in [-0.2, -0.15) is 0 Å². The number of nitro benzene ring substituents is 1. The maximum Gasteiger partial charge on any atom is 0.271 e. The van der Waals surface area contributed by atoms with Crippen LogP contribution in [-0.4, -0.2) is 9.91 Å². The van der Waals surface area contributed by atoms with Crippen molar-refractivity contribution in [2.24, 2.45) is 0 Å². The van der Waals surface area contributed by atoms with Crippen molar-refractivity contribution in [1.29, 1.82) is 0 Å². The number of nitro groups is 1. The SMILES string of the molecule is O=[N+]([O-])c1ccc(Nc2ccnc3cc(Cl)ccc23)c(Cl)c1. The third kappa shape index (κ3) is 2.81. The van der Waals surface area contributed by atoms with E-state index in [0.29, 0.717) is 10.7 Å². The van der Waals surface area contributed by atoms with Gasteiger partial charge < -0.3 is 5.32 Å². The molecule has 0 bridgehead atoms. The molecule has 7 heteroatoms. The molecule has 0 radical (unpaired) electrons. The molecular weight excluding hydrogens is 325 g/mol. The third-order valence-electron chi connectivity index (χ3n) is 3.14. The van der Waals surface area contributed by atoms with Crippen molar-refractivity contribution in [3.8, 4) is 0 Å². The van der Waals surface area contributed by atoms with Gasteiger partial charge in [0.2, 0.25) is 0 Å². The molecule has 3 rings (SSSR count). The van der Waals surface area contributed by atoms with Gasteiger partial charge in [0.1, 0.15) is 0 Å². The van der Waals surface area contributed by atoms with Crippen LogP contribution in [0.1, 0.15) is 0 Å². The summed E-state index contributed by atoms with van der Waals surface area (Å²) in [5.41, 5.74) is 2.06. The highest BCUT2D eigenvalue weighted by atomic mass is 35.5. The fourth-order valence-electron chi connectivity index (χ4n) is 2.09. The molecular formula is C15H9Cl2N3O2. The van der Waals surface area contributed by atoms with Crippen molar-refractivity contribution in [3.05, 3.63) is 68.8 Å². The van der Waals surface area contributed by atoms with Crippen LogP contribution >= 0.6 is 23.2 Å². The zero-order valence-electron chi connectivity index (χ0n) is 11.1. The first-order valence-electron chi connectivity index (χ1n) is 6.30. The number of pyridine rings is 1. The summed E-state index contributed by atoms with van der Waals surface area (Å²) in [6, 6.07) is 11.5. The van der Waals surface area contributed by atoms with Gasteiger partial charge in [-0.3, -0.25) is 15.1 Å². The number of fused-ring (bicyclic) bond motifs is 1. The van der Waals surface area contributed by atoms with Gasteiger partial charge >= 0.3 is 0 Å². The average Bonchev–Trinajstić information content (AvgIpc) is 2.49. The normalized spacial score (nSPS) is 10.6. The first kappa shape index (κ1) is 14.6. The number of nitrogens with zero attached hydrogens (tertiary/aromatic N) is 2. The van der Waals surface area contributed by atoms with Crippen LogP contribution in [-0.2, 0) is 0 Å². The largest absolute Gasteiger partial charge is 0.354 e. The van der Waals surface area contributed by atoms with E-state index in [4.69, 9.17) is 23.2 Å². The Morgan fingerprint density at radius 1 is 1.05 bits per heavy atom. The Hall–Kier alpha value is -2.37. The van der Waals surface area contributed by atoms with Crippen LogP contribution in [0.15, 0.2) is 48.7 Å². The number of non-ortho nitro benzene ring substituents is 1. The van der Waals surface area contributed by atoms with Gasteiger partial charge in [-0.15, -0.1) is 0 Å². The number of anilines is 2. The Kier molecular flexibility index (Phi) is 3.83. The molecule has 5 nitrogen and oxygen atoms in total. The van der Waals surface area contributed by atoms with E-state index in [-0.39, 0.29) is 10.7 Å². The van der Waals surface area contributed by atoms with Crippen molar-refractivity contribution in [2.45, 2.75) is 0 Å². The highest BCUT2D eigenvalue weighted by Crippen LogP contribution is 2.32. The topological polar surface area (TPSA) is 68.1 Å². The smallest absolute Gasteiger partial charge is 0.271 e. The Labute approximate surface area is 135 Å². The van der Waals surface area contributed by atoms with E-state index in [1.54, 1.807) is 30.5 Å². The summed E-state index contributed by atoms with van der Waals surface area (Å²) in [4.78, 5) is 14.5. The molecule has 1 N–H and O–H groups in total. The van der Waals surface area contributed by atoms with Gasteiger partial charge in [0.05, 0.1) is 21.2 Å². The minimum Gasteiger partial charge on any atom is -0.354 e. The summed E-state index contributed by atoms with van der Waals surface area (Å²) >= 11 is 12.1. The average molecular weight is 334 g/mol. The highest BCUT2D eigenvalue weighted by molar-refractivity contribution is 6.33. The predicted molar refractivity (Wildman–Crippen MR) is 88.1 cm³/mol. The first-order valence-corrected chi connectivity index (χ1v) is 7.05. The van der Waals surface area contributed by atoms with Crippen LogP contribution in [0.2, 0.25) is 10.0 Å². The lowest BCUT2D eigenvalue weighted by atomic mass is 10.2. The maximum atomic E-state index is 10.7. The number of halogens is 2. The van der Waals surface area contributed by atoms with Gasteiger partial charge in [0.15, 0.2) is 0 Å². The summed E-state index contributed by atoms with van der Waals surface area (Å²) < 4.78 is 0.